The third-order valence-electron chi connectivity index (χ3n) is 7.09. The fraction of sp³-hybridized carbons (Fsp3) is 0.0968. The number of nitrogens with one attached hydrogen (secondary N) is 2. The van der Waals surface area contributed by atoms with E-state index in [1.165, 1.54) is 7.05 Å². The van der Waals surface area contributed by atoms with E-state index in [2.05, 4.69) is 12.7 Å². The molecule has 0 amide bonds. The monoisotopic (exact) mass is 658 g/mol. The number of nitrogen functional groups attached to an aromatic ring is 2. The van der Waals surface area contributed by atoms with E-state index in [-0.39, 0.29) is 79.0 Å². The number of benzene rings is 4. The molecule has 2 radical (unpaired) electrons. The zero-order valence-electron chi connectivity index (χ0n) is 24.7. The lowest BCUT2D eigenvalue weighted by Crippen LogP contribution is -2.25. The summed E-state index contributed by atoms with van der Waals surface area (Å²) in [5.41, 5.74) is 14.9. The summed E-state index contributed by atoms with van der Waals surface area (Å²) in [6.07, 6.45) is 2.08. The smallest absolute Gasteiger partial charge is 0.208 e. The van der Waals surface area contributed by atoms with Crippen molar-refractivity contribution in [3.8, 4) is 11.1 Å². The van der Waals surface area contributed by atoms with Crippen molar-refractivity contribution in [2.24, 2.45) is 0 Å². The number of ketones is 4. The van der Waals surface area contributed by atoms with Gasteiger partial charge in [0, 0.05) is 44.8 Å². The van der Waals surface area contributed by atoms with Crippen molar-refractivity contribution in [1.82, 2.24) is 9.36 Å². The molecule has 2 aliphatic rings. The molecule has 234 valence electrons. The lowest BCUT2D eigenvalue weighted by molar-refractivity contribution is 0.0978. The standard InChI is InChI=1S/C28H16N2O4.C2H7NO2S.CH4BNO2S/c29-19-11-9-13(21-23(19)27(33)17-7-3-1-5-15(17)25(21)31)14-10-12-20(30)24-22(14)26(32)16-6-2-4-8-18(16)28(24)34;1-3-6(2,4)5;1-6(4,5)3-2/h1-12H,29-30H2;3H,1-2H3;3H,1H3. The van der Waals surface area contributed by atoms with Gasteiger partial charge in [-0.25, -0.2) is 21.6 Å². The highest BCUT2D eigenvalue weighted by Gasteiger charge is 2.37. The maximum absolute atomic E-state index is 13.6. The normalized spacial score (nSPS) is 13.2. The second-order valence-corrected chi connectivity index (χ2v) is 13.9. The Kier molecular flexibility index (Phi) is 9.45. The number of nitrogens with two attached hydrogens (primary N) is 2. The van der Waals surface area contributed by atoms with Crippen LogP contribution in [-0.2, 0) is 20.0 Å². The van der Waals surface area contributed by atoms with Gasteiger partial charge < -0.3 is 11.5 Å². The number of rotatable bonds is 3. The van der Waals surface area contributed by atoms with Gasteiger partial charge in [0.1, 0.15) is 0 Å². The highest BCUT2D eigenvalue weighted by atomic mass is 32.2. The Morgan fingerprint density at radius 1 is 0.500 bits per heavy atom. The van der Waals surface area contributed by atoms with Crippen molar-refractivity contribution in [3.05, 3.63) is 117 Å². The van der Waals surface area contributed by atoms with Crippen molar-refractivity contribution in [1.29, 1.82) is 0 Å². The van der Waals surface area contributed by atoms with Crippen LogP contribution >= 0.6 is 0 Å². The molecule has 0 bridgehead atoms. The zero-order valence-corrected chi connectivity index (χ0v) is 26.4. The molecule has 0 atom stereocenters. The molecule has 0 heterocycles. The molecule has 4 aromatic carbocycles. The molecule has 0 saturated carbocycles. The van der Waals surface area contributed by atoms with E-state index in [1.54, 1.807) is 77.4 Å². The minimum atomic E-state index is -3.13. The number of hydrogen-bond donors (Lipinski definition) is 4. The third kappa shape index (κ3) is 6.53. The van der Waals surface area contributed by atoms with Crippen LogP contribution < -0.4 is 20.8 Å². The summed E-state index contributed by atoms with van der Waals surface area (Å²) in [6, 6.07) is 19.4. The van der Waals surface area contributed by atoms with Gasteiger partial charge in [-0.2, -0.15) is 0 Å². The molecule has 0 unspecified atom stereocenters. The Labute approximate surface area is 266 Å². The van der Waals surface area contributed by atoms with Gasteiger partial charge in [0.15, 0.2) is 33.2 Å². The Balaban J connectivity index is 0.000000343. The van der Waals surface area contributed by atoms with Gasteiger partial charge in [0.2, 0.25) is 18.0 Å². The van der Waals surface area contributed by atoms with Crippen molar-refractivity contribution in [3.63, 3.8) is 0 Å². The lowest BCUT2D eigenvalue weighted by Gasteiger charge is -2.25. The first-order chi connectivity index (χ1) is 21.5. The van der Waals surface area contributed by atoms with E-state index >= 15 is 0 Å². The molecule has 2 aliphatic carbocycles. The van der Waals surface area contributed by atoms with Gasteiger partial charge in [-0.1, -0.05) is 60.7 Å². The van der Waals surface area contributed by atoms with Gasteiger partial charge in [-0.05, 0) is 30.3 Å². The SMILES string of the molecule is CNS(C)(=O)=O.Nc1ccc(-c2ccc(N)c3c2C(=O)c2ccccc2C3=O)c2c1C(=O)c1ccccc1C2=O.[B]NS(C)(=O)=O. The molecule has 0 spiro atoms. The molecule has 0 fully saturated rings. The fourth-order valence-corrected chi connectivity index (χ4v) is 4.94. The second-order valence-electron chi connectivity index (χ2n) is 10.2. The number of anilines is 2. The van der Waals surface area contributed by atoms with E-state index in [4.69, 9.17) is 11.5 Å². The molecule has 46 heavy (non-hydrogen) atoms. The van der Waals surface area contributed by atoms with Crippen LogP contribution in [0.15, 0.2) is 72.8 Å². The predicted octanol–water partition coefficient (Wildman–Crippen LogP) is 1.85. The summed E-state index contributed by atoms with van der Waals surface area (Å²) < 4.78 is 43.0. The molecule has 6 N–H and O–H groups in total. The third-order valence-corrected chi connectivity index (χ3v) is 8.26. The van der Waals surface area contributed by atoms with Gasteiger partial charge >= 0.3 is 0 Å². The van der Waals surface area contributed by atoms with Crippen LogP contribution in [0.4, 0.5) is 11.4 Å². The van der Waals surface area contributed by atoms with Crippen LogP contribution in [0.3, 0.4) is 0 Å². The molecule has 0 aromatic heterocycles. The van der Waals surface area contributed by atoms with E-state index in [9.17, 15) is 36.0 Å². The van der Waals surface area contributed by atoms with Crippen LogP contribution in [0.2, 0.25) is 0 Å². The van der Waals surface area contributed by atoms with Gasteiger partial charge in [0.05, 0.1) is 23.6 Å². The topological polar surface area (TPSA) is 213 Å². The maximum Gasteiger partial charge on any atom is 0.208 e. The number of hydrogen-bond acceptors (Lipinski definition) is 10. The van der Waals surface area contributed by atoms with Crippen LogP contribution in [-0.4, -0.2) is 67.5 Å². The molecule has 12 nitrogen and oxygen atoms in total. The summed E-state index contributed by atoms with van der Waals surface area (Å²) in [6.45, 7) is 0. The Bertz CT molecular complexity index is 2030. The van der Waals surface area contributed by atoms with Gasteiger partial charge in [-0.15, -0.1) is 0 Å². The van der Waals surface area contributed by atoms with E-state index in [0.29, 0.717) is 11.1 Å². The molecule has 4 aromatic rings. The molecule has 6 rings (SSSR count). The second kappa shape index (κ2) is 12.8. The summed E-state index contributed by atoms with van der Waals surface area (Å²) in [5, 5.41) is 0. The summed E-state index contributed by atoms with van der Waals surface area (Å²) in [7, 11) is -0.208. The van der Waals surface area contributed by atoms with Gasteiger partial charge in [-0.3, -0.25) is 23.8 Å². The van der Waals surface area contributed by atoms with Gasteiger partial charge in [0.25, 0.3) is 0 Å². The molecular weight excluding hydrogens is 631 g/mol. The van der Waals surface area contributed by atoms with Crippen LogP contribution in [0.25, 0.3) is 11.1 Å². The predicted molar refractivity (Wildman–Crippen MR) is 175 cm³/mol. The fourth-order valence-electron chi connectivity index (χ4n) is 4.94. The number of carbonyl (C=O) groups excluding carboxylic acids is 4. The van der Waals surface area contributed by atoms with Crippen molar-refractivity contribution < 1.29 is 36.0 Å². The molecule has 0 aliphatic heterocycles. The maximum atomic E-state index is 13.6. The lowest BCUT2D eigenvalue weighted by atomic mass is 9.76. The number of carbonyl (C=O) groups is 4. The van der Waals surface area contributed by atoms with Crippen LogP contribution in [0, 0.1) is 0 Å². The average Bonchev–Trinajstić information content (AvgIpc) is 3.02. The Morgan fingerprint density at radius 3 is 1.00 bits per heavy atom. The Hall–Kier alpha value is -4.96. The first-order valence-corrected chi connectivity index (χ1v) is 17.1. The quantitative estimate of drug-likeness (QED) is 0.160. The molecular formula is C31H27BN4O8S2. The van der Waals surface area contributed by atoms with Crippen molar-refractivity contribution >= 4 is 62.5 Å². The number of fused-ring (bicyclic) bond motifs is 4. The summed E-state index contributed by atoms with van der Waals surface area (Å²) >= 11 is 0. The van der Waals surface area contributed by atoms with Crippen LogP contribution in [0.1, 0.15) is 63.7 Å². The highest BCUT2D eigenvalue weighted by molar-refractivity contribution is 7.89. The highest BCUT2D eigenvalue weighted by Crippen LogP contribution is 2.42. The minimum Gasteiger partial charge on any atom is -0.398 e. The average molecular weight is 659 g/mol. The van der Waals surface area contributed by atoms with Crippen LogP contribution in [0.5, 0.6) is 0 Å². The summed E-state index contributed by atoms with van der Waals surface area (Å²) in [4.78, 5) is 53.8. The number of sulfonamides is 2. The van der Waals surface area contributed by atoms with E-state index in [1.807, 2.05) is 0 Å². The van der Waals surface area contributed by atoms with E-state index in [0.717, 1.165) is 12.5 Å². The molecule has 15 heteroatoms. The van der Waals surface area contributed by atoms with E-state index < -0.39 is 20.0 Å². The molecule has 0 saturated heterocycles. The zero-order chi connectivity index (χ0) is 34.1. The first kappa shape index (κ1) is 33.9. The first-order valence-electron chi connectivity index (χ1n) is 13.3. The summed E-state index contributed by atoms with van der Waals surface area (Å²) in [5.74, 6) is -1.45. The van der Waals surface area contributed by atoms with Crippen molar-refractivity contribution in [2.45, 2.75) is 0 Å². The van der Waals surface area contributed by atoms with Crippen molar-refractivity contribution in [2.75, 3.05) is 31.0 Å². The minimum absolute atomic E-state index is 0.0989. The Morgan fingerprint density at radius 2 is 0.761 bits per heavy atom. The largest absolute Gasteiger partial charge is 0.398 e.